The Morgan fingerprint density at radius 2 is 1.71 bits per heavy atom. The number of fused-ring (bicyclic) bond motifs is 1. The Balaban J connectivity index is 1.58. The summed E-state index contributed by atoms with van der Waals surface area (Å²) in [6.07, 6.45) is 0. The molecule has 0 unspecified atom stereocenters. The number of nitrogens with zero attached hydrogens (tertiary/aromatic N) is 1. The van der Waals surface area contributed by atoms with Gasteiger partial charge in [-0.3, -0.25) is 9.10 Å². The minimum absolute atomic E-state index is 0.0892. The van der Waals surface area contributed by atoms with E-state index in [1.165, 1.54) is 49.5 Å². The zero-order valence-electron chi connectivity index (χ0n) is 16.5. The molecule has 0 bridgehead atoms. The number of benzene rings is 3. The van der Waals surface area contributed by atoms with E-state index in [2.05, 4.69) is 5.32 Å². The molecule has 0 spiro atoms. The standard InChI is InChI=1S/C22H19FN2O5S/c1-25(19-8-3-2-7-18(19)23)31(27,28)17-6-4-5-15(13-17)22(26)24-16-9-10-20-21(14-16)30-12-11-29-20/h2-10,13-14H,11-12H2,1H3,(H,24,26). The lowest BCUT2D eigenvalue weighted by Gasteiger charge is -2.20. The van der Waals surface area contributed by atoms with Gasteiger partial charge in [0.15, 0.2) is 11.5 Å². The number of ether oxygens (including phenoxy) is 2. The van der Waals surface area contributed by atoms with E-state index in [1.54, 1.807) is 24.3 Å². The van der Waals surface area contributed by atoms with E-state index in [-0.39, 0.29) is 16.1 Å². The van der Waals surface area contributed by atoms with Crippen molar-refractivity contribution in [2.24, 2.45) is 0 Å². The van der Waals surface area contributed by atoms with E-state index in [9.17, 15) is 17.6 Å². The molecule has 1 amide bonds. The van der Waals surface area contributed by atoms with Crippen LogP contribution in [0.2, 0.25) is 0 Å². The van der Waals surface area contributed by atoms with Crippen molar-refractivity contribution in [3.05, 3.63) is 78.1 Å². The Kier molecular flexibility index (Phi) is 5.51. The summed E-state index contributed by atoms with van der Waals surface area (Å²) in [6, 6.07) is 16.1. The van der Waals surface area contributed by atoms with E-state index >= 15 is 0 Å². The van der Waals surface area contributed by atoms with Gasteiger partial charge in [-0.2, -0.15) is 0 Å². The minimum atomic E-state index is -4.08. The Hall–Kier alpha value is -3.59. The number of carbonyl (C=O) groups excluding carboxylic acids is 1. The smallest absolute Gasteiger partial charge is 0.264 e. The van der Waals surface area contributed by atoms with Crippen LogP contribution >= 0.6 is 0 Å². The highest BCUT2D eigenvalue weighted by atomic mass is 32.2. The predicted molar refractivity (Wildman–Crippen MR) is 114 cm³/mol. The van der Waals surface area contributed by atoms with Crippen molar-refractivity contribution >= 4 is 27.3 Å². The molecule has 1 N–H and O–H groups in total. The average Bonchev–Trinajstić information content (AvgIpc) is 2.79. The van der Waals surface area contributed by atoms with Crippen LogP contribution in [0.4, 0.5) is 15.8 Å². The number of hydrogen-bond acceptors (Lipinski definition) is 5. The number of nitrogens with one attached hydrogen (secondary N) is 1. The maximum Gasteiger partial charge on any atom is 0.264 e. The zero-order valence-corrected chi connectivity index (χ0v) is 17.4. The first-order valence-electron chi connectivity index (χ1n) is 9.41. The van der Waals surface area contributed by atoms with Crippen molar-refractivity contribution in [2.75, 3.05) is 29.9 Å². The number of sulfonamides is 1. The molecule has 0 atom stereocenters. The molecule has 1 heterocycles. The molecule has 3 aromatic carbocycles. The van der Waals surface area contributed by atoms with E-state index in [4.69, 9.17) is 9.47 Å². The van der Waals surface area contributed by atoms with Gasteiger partial charge in [0.25, 0.3) is 15.9 Å². The SMILES string of the molecule is CN(c1ccccc1F)S(=O)(=O)c1cccc(C(=O)Nc2ccc3c(c2)OCCO3)c1. The third-order valence-corrected chi connectivity index (χ3v) is 6.51. The van der Waals surface area contributed by atoms with E-state index in [0.29, 0.717) is 30.4 Å². The Morgan fingerprint density at radius 1 is 0.968 bits per heavy atom. The third kappa shape index (κ3) is 4.17. The van der Waals surface area contributed by atoms with E-state index in [1.807, 2.05) is 0 Å². The summed E-state index contributed by atoms with van der Waals surface area (Å²) in [5.74, 6) is -0.0521. The summed E-state index contributed by atoms with van der Waals surface area (Å²) in [7, 11) is -2.82. The monoisotopic (exact) mass is 442 g/mol. The number of anilines is 2. The number of hydrogen-bond donors (Lipinski definition) is 1. The fourth-order valence-corrected chi connectivity index (χ4v) is 4.37. The molecule has 1 aliphatic rings. The molecular formula is C22H19FN2O5S. The lowest BCUT2D eigenvalue weighted by atomic mass is 10.2. The molecule has 3 aromatic rings. The summed E-state index contributed by atoms with van der Waals surface area (Å²) >= 11 is 0. The molecule has 0 aliphatic carbocycles. The van der Waals surface area contributed by atoms with Crippen LogP contribution in [-0.4, -0.2) is 34.6 Å². The van der Waals surface area contributed by atoms with Crippen molar-refractivity contribution in [1.82, 2.24) is 0 Å². The van der Waals surface area contributed by atoms with Gasteiger partial charge in [-0.25, -0.2) is 12.8 Å². The first-order valence-corrected chi connectivity index (χ1v) is 10.8. The molecule has 160 valence electrons. The number of carbonyl (C=O) groups is 1. The van der Waals surface area contributed by atoms with Crippen molar-refractivity contribution in [1.29, 1.82) is 0 Å². The molecule has 7 nitrogen and oxygen atoms in total. The molecule has 0 aromatic heterocycles. The second kappa shape index (κ2) is 8.27. The summed E-state index contributed by atoms with van der Waals surface area (Å²) in [6.45, 7) is 0.876. The predicted octanol–water partition coefficient (Wildman–Crippen LogP) is 3.67. The molecule has 0 saturated heterocycles. The van der Waals surface area contributed by atoms with Gasteiger partial charge >= 0.3 is 0 Å². The van der Waals surface area contributed by atoms with Gasteiger partial charge in [-0.15, -0.1) is 0 Å². The van der Waals surface area contributed by atoms with Gasteiger partial charge < -0.3 is 14.8 Å². The van der Waals surface area contributed by atoms with Crippen LogP contribution in [-0.2, 0) is 10.0 Å². The maximum atomic E-state index is 14.1. The normalized spacial score (nSPS) is 12.8. The highest BCUT2D eigenvalue weighted by molar-refractivity contribution is 7.92. The second-order valence-electron chi connectivity index (χ2n) is 6.76. The Morgan fingerprint density at radius 3 is 2.48 bits per heavy atom. The highest BCUT2D eigenvalue weighted by Crippen LogP contribution is 2.33. The van der Waals surface area contributed by atoms with Crippen LogP contribution in [0.3, 0.4) is 0 Å². The summed E-state index contributed by atoms with van der Waals surface area (Å²) in [4.78, 5) is 12.6. The topological polar surface area (TPSA) is 84.9 Å². The van der Waals surface area contributed by atoms with Crippen LogP contribution in [0.15, 0.2) is 71.6 Å². The molecule has 0 saturated carbocycles. The first kappa shape index (κ1) is 20.7. The van der Waals surface area contributed by atoms with Crippen molar-refractivity contribution in [3.63, 3.8) is 0 Å². The summed E-state index contributed by atoms with van der Waals surface area (Å²) < 4.78 is 51.8. The van der Waals surface area contributed by atoms with Gasteiger partial charge in [0.05, 0.1) is 10.6 Å². The number of para-hydroxylation sites is 1. The molecular weight excluding hydrogens is 423 g/mol. The van der Waals surface area contributed by atoms with Crippen molar-refractivity contribution in [2.45, 2.75) is 4.90 Å². The number of amides is 1. The highest BCUT2D eigenvalue weighted by Gasteiger charge is 2.24. The van der Waals surface area contributed by atoms with Crippen LogP contribution in [0.1, 0.15) is 10.4 Å². The van der Waals surface area contributed by atoms with E-state index in [0.717, 1.165) is 4.31 Å². The lowest BCUT2D eigenvalue weighted by Crippen LogP contribution is -2.27. The average molecular weight is 442 g/mol. The van der Waals surface area contributed by atoms with Crippen LogP contribution in [0, 0.1) is 5.82 Å². The van der Waals surface area contributed by atoms with Crippen molar-refractivity contribution in [3.8, 4) is 11.5 Å². The number of halogens is 1. The first-order chi connectivity index (χ1) is 14.9. The molecule has 9 heteroatoms. The minimum Gasteiger partial charge on any atom is -0.486 e. The molecule has 1 aliphatic heterocycles. The Bertz CT molecular complexity index is 1250. The second-order valence-corrected chi connectivity index (χ2v) is 8.73. The van der Waals surface area contributed by atoms with Crippen molar-refractivity contribution < 1.29 is 27.1 Å². The molecule has 4 rings (SSSR count). The van der Waals surface area contributed by atoms with Gasteiger partial charge in [0.2, 0.25) is 0 Å². The third-order valence-electron chi connectivity index (χ3n) is 4.75. The van der Waals surface area contributed by atoms with Gasteiger partial charge in [0, 0.05) is 24.4 Å². The van der Waals surface area contributed by atoms with Gasteiger partial charge in [0.1, 0.15) is 19.0 Å². The van der Waals surface area contributed by atoms with Gasteiger partial charge in [-0.05, 0) is 42.5 Å². The van der Waals surface area contributed by atoms with E-state index < -0.39 is 21.7 Å². The number of rotatable bonds is 5. The van der Waals surface area contributed by atoms with Gasteiger partial charge in [-0.1, -0.05) is 18.2 Å². The zero-order chi connectivity index (χ0) is 22.0. The molecule has 0 radical (unpaired) electrons. The lowest BCUT2D eigenvalue weighted by molar-refractivity contribution is 0.102. The fraction of sp³-hybridized carbons (Fsp3) is 0.136. The summed E-state index contributed by atoms with van der Waals surface area (Å²) in [5, 5.41) is 2.71. The largest absolute Gasteiger partial charge is 0.486 e. The molecule has 0 fully saturated rings. The fourth-order valence-electron chi connectivity index (χ4n) is 3.12. The van der Waals surface area contributed by atoms with Crippen LogP contribution < -0.4 is 19.1 Å². The summed E-state index contributed by atoms with van der Waals surface area (Å²) in [5.41, 5.74) is 0.525. The maximum absolute atomic E-state index is 14.1. The molecule has 31 heavy (non-hydrogen) atoms. The Labute approximate surface area is 179 Å². The quantitative estimate of drug-likeness (QED) is 0.652. The van der Waals surface area contributed by atoms with Crippen LogP contribution in [0.25, 0.3) is 0 Å². The van der Waals surface area contributed by atoms with Crippen LogP contribution in [0.5, 0.6) is 11.5 Å².